The van der Waals surface area contributed by atoms with E-state index in [1.165, 1.54) is 12.1 Å². The molecule has 0 bridgehead atoms. The molecular weight excluding hydrogens is 333 g/mol. The molecule has 7 heteroatoms. The molecule has 2 aromatic rings. The Kier molecular flexibility index (Phi) is 4.09. The van der Waals surface area contributed by atoms with Crippen molar-refractivity contribution in [2.75, 3.05) is 0 Å². The van der Waals surface area contributed by atoms with E-state index in [0.717, 1.165) is 12.1 Å². The minimum Gasteiger partial charge on any atom is -0.449 e. The van der Waals surface area contributed by atoms with E-state index in [-0.39, 0.29) is 21.5 Å². The maximum absolute atomic E-state index is 13.5. The average molecular weight is 340 g/mol. The molecular formula is C13H7BrFNO4. The number of carbonyl (C=O) groups excluding carboxylic acids is 1. The molecule has 0 aliphatic heterocycles. The smallest absolute Gasteiger partial charge is 0.312 e. The second kappa shape index (κ2) is 5.79. The third-order valence-electron chi connectivity index (χ3n) is 2.46. The lowest BCUT2D eigenvalue weighted by molar-refractivity contribution is -0.385. The number of benzene rings is 2. The van der Waals surface area contributed by atoms with Crippen LogP contribution in [0.1, 0.15) is 10.4 Å². The van der Waals surface area contributed by atoms with Crippen molar-refractivity contribution in [3.8, 4) is 11.5 Å². The van der Waals surface area contributed by atoms with Gasteiger partial charge in [-0.15, -0.1) is 0 Å². The first-order valence-corrected chi connectivity index (χ1v) is 6.17. The van der Waals surface area contributed by atoms with Crippen molar-refractivity contribution in [2.45, 2.75) is 0 Å². The molecule has 0 N–H and O–H groups in total. The summed E-state index contributed by atoms with van der Waals surface area (Å²) in [6, 6.07) is 8.07. The normalized spacial score (nSPS) is 10.1. The predicted molar refractivity (Wildman–Crippen MR) is 72.7 cm³/mol. The predicted octanol–water partition coefficient (Wildman–Crippen LogP) is 4.10. The molecule has 5 nitrogen and oxygen atoms in total. The first-order valence-electron chi connectivity index (χ1n) is 5.38. The Morgan fingerprint density at radius 2 is 1.95 bits per heavy atom. The third-order valence-corrected chi connectivity index (χ3v) is 3.07. The second-order valence-electron chi connectivity index (χ2n) is 3.75. The quantitative estimate of drug-likeness (QED) is 0.477. The van der Waals surface area contributed by atoms with Crippen molar-refractivity contribution in [2.24, 2.45) is 0 Å². The Labute approximate surface area is 121 Å². The summed E-state index contributed by atoms with van der Waals surface area (Å²) in [6.45, 7) is 0. The molecule has 2 rings (SSSR count). The monoisotopic (exact) mass is 339 g/mol. The van der Waals surface area contributed by atoms with Crippen LogP contribution in [0.3, 0.4) is 0 Å². The van der Waals surface area contributed by atoms with E-state index in [2.05, 4.69) is 15.9 Å². The maximum atomic E-state index is 13.5. The number of hydrogen-bond acceptors (Lipinski definition) is 4. The number of para-hydroxylation sites is 1. The van der Waals surface area contributed by atoms with Crippen LogP contribution >= 0.6 is 15.9 Å². The molecule has 0 fully saturated rings. The minimum absolute atomic E-state index is 0.0415. The average Bonchev–Trinajstić information content (AvgIpc) is 2.43. The van der Waals surface area contributed by atoms with E-state index in [9.17, 15) is 19.3 Å². The summed E-state index contributed by atoms with van der Waals surface area (Å²) in [5, 5.41) is 10.9. The number of nitro benzene ring substituents is 1. The van der Waals surface area contributed by atoms with Gasteiger partial charge in [0.25, 0.3) is 0 Å². The van der Waals surface area contributed by atoms with Crippen LogP contribution in [0.25, 0.3) is 0 Å². The fourth-order valence-electron chi connectivity index (χ4n) is 1.53. The van der Waals surface area contributed by atoms with E-state index in [4.69, 9.17) is 4.74 Å². The molecule has 0 aliphatic rings. The van der Waals surface area contributed by atoms with E-state index >= 15 is 0 Å². The van der Waals surface area contributed by atoms with Crippen molar-refractivity contribution in [1.82, 2.24) is 0 Å². The first-order chi connectivity index (χ1) is 9.52. The number of hydrogen-bond donors (Lipinski definition) is 0. The Morgan fingerprint density at radius 3 is 2.60 bits per heavy atom. The van der Waals surface area contributed by atoms with Crippen molar-refractivity contribution in [1.29, 1.82) is 0 Å². The molecule has 0 spiro atoms. The number of aldehydes is 1. The van der Waals surface area contributed by atoms with Crippen LogP contribution in [0.4, 0.5) is 10.1 Å². The van der Waals surface area contributed by atoms with Gasteiger partial charge in [-0.3, -0.25) is 14.9 Å². The molecule has 0 saturated heterocycles. The molecule has 0 atom stereocenters. The van der Waals surface area contributed by atoms with Crippen LogP contribution in [0.2, 0.25) is 0 Å². The van der Waals surface area contributed by atoms with E-state index < -0.39 is 16.4 Å². The number of halogens is 2. The standard InChI is InChI=1S/C13H7BrFNO4/c14-9-5-11(16(18)19)13(6-10(9)15)20-12-4-2-1-3-8(12)7-17/h1-7H. The zero-order valence-corrected chi connectivity index (χ0v) is 11.5. The number of carbonyl (C=O) groups is 1. The Bertz CT molecular complexity index is 690. The summed E-state index contributed by atoms with van der Waals surface area (Å²) in [6.07, 6.45) is 0.552. The highest BCUT2D eigenvalue weighted by Gasteiger charge is 2.20. The lowest BCUT2D eigenvalue weighted by Gasteiger charge is -2.08. The summed E-state index contributed by atoms with van der Waals surface area (Å²) in [7, 11) is 0. The topological polar surface area (TPSA) is 69.4 Å². The van der Waals surface area contributed by atoms with Gasteiger partial charge in [-0.1, -0.05) is 12.1 Å². The molecule has 2 aromatic carbocycles. The first kappa shape index (κ1) is 14.1. The molecule has 0 aromatic heterocycles. The van der Waals surface area contributed by atoms with E-state index in [0.29, 0.717) is 6.29 Å². The summed E-state index contributed by atoms with van der Waals surface area (Å²) in [5.74, 6) is -0.855. The number of rotatable bonds is 4. The van der Waals surface area contributed by atoms with Crippen molar-refractivity contribution in [3.63, 3.8) is 0 Å². The van der Waals surface area contributed by atoms with Crippen molar-refractivity contribution in [3.05, 3.63) is 62.4 Å². The lowest BCUT2D eigenvalue weighted by Crippen LogP contribution is -1.97. The van der Waals surface area contributed by atoms with Gasteiger partial charge in [0.2, 0.25) is 5.75 Å². The summed E-state index contributed by atoms with van der Waals surface area (Å²) >= 11 is 2.87. The van der Waals surface area contributed by atoms with Gasteiger partial charge < -0.3 is 4.74 Å². The summed E-state index contributed by atoms with van der Waals surface area (Å²) < 4.78 is 18.7. The molecule has 0 aliphatic carbocycles. The van der Waals surface area contributed by atoms with Gasteiger partial charge in [-0.2, -0.15) is 0 Å². The van der Waals surface area contributed by atoms with Crippen LogP contribution in [0, 0.1) is 15.9 Å². The molecule has 0 heterocycles. The Morgan fingerprint density at radius 1 is 1.25 bits per heavy atom. The van der Waals surface area contributed by atoms with Gasteiger partial charge >= 0.3 is 5.69 Å². The van der Waals surface area contributed by atoms with E-state index in [1.807, 2.05) is 0 Å². The van der Waals surface area contributed by atoms with Crippen LogP contribution in [0.5, 0.6) is 11.5 Å². The molecule has 0 saturated carbocycles. The number of ether oxygens (including phenoxy) is 1. The van der Waals surface area contributed by atoms with Gasteiger partial charge in [0.15, 0.2) is 6.29 Å². The molecule has 0 amide bonds. The van der Waals surface area contributed by atoms with Gasteiger partial charge in [0, 0.05) is 12.1 Å². The number of nitro groups is 1. The number of nitrogens with zero attached hydrogens (tertiary/aromatic N) is 1. The van der Waals surface area contributed by atoms with Crippen molar-refractivity contribution < 1.29 is 18.8 Å². The van der Waals surface area contributed by atoms with Gasteiger partial charge in [0.05, 0.1) is 15.0 Å². The lowest BCUT2D eigenvalue weighted by atomic mass is 10.2. The van der Waals surface area contributed by atoms with Gasteiger partial charge in [0.1, 0.15) is 11.6 Å². The van der Waals surface area contributed by atoms with Gasteiger partial charge in [-0.25, -0.2) is 4.39 Å². The molecule has 0 unspecified atom stereocenters. The summed E-state index contributed by atoms with van der Waals surface area (Å²) in [4.78, 5) is 21.1. The Balaban J connectivity index is 2.50. The van der Waals surface area contributed by atoms with Crippen molar-refractivity contribution >= 4 is 27.9 Å². The van der Waals surface area contributed by atoms with Crippen LogP contribution in [-0.4, -0.2) is 11.2 Å². The van der Waals surface area contributed by atoms with E-state index in [1.54, 1.807) is 12.1 Å². The highest BCUT2D eigenvalue weighted by Crippen LogP contribution is 2.36. The highest BCUT2D eigenvalue weighted by molar-refractivity contribution is 9.10. The third kappa shape index (κ3) is 2.83. The van der Waals surface area contributed by atoms with Crippen LogP contribution in [0.15, 0.2) is 40.9 Å². The van der Waals surface area contributed by atoms with Crippen LogP contribution in [-0.2, 0) is 0 Å². The second-order valence-corrected chi connectivity index (χ2v) is 4.60. The minimum atomic E-state index is -0.700. The molecule has 0 radical (unpaired) electrons. The zero-order valence-electron chi connectivity index (χ0n) is 9.88. The largest absolute Gasteiger partial charge is 0.449 e. The molecule has 20 heavy (non-hydrogen) atoms. The molecule has 102 valence electrons. The fourth-order valence-corrected chi connectivity index (χ4v) is 1.86. The van der Waals surface area contributed by atoms with Crippen LogP contribution < -0.4 is 4.74 Å². The SMILES string of the molecule is O=Cc1ccccc1Oc1cc(F)c(Br)cc1[N+](=O)[O-]. The maximum Gasteiger partial charge on any atom is 0.312 e. The summed E-state index contributed by atoms with van der Waals surface area (Å²) in [5.41, 5.74) is -0.191. The highest BCUT2D eigenvalue weighted by atomic mass is 79.9. The fraction of sp³-hybridized carbons (Fsp3) is 0. The van der Waals surface area contributed by atoms with Gasteiger partial charge in [-0.05, 0) is 28.1 Å². The Hall–Kier alpha value is -2.28. The zero-order chi connectivity index (χ0) is 14.7.